The second-order valence-electron chi connectivity index (χ2n) is 14.8. The molecule has 8 aromatic carbocycles. The molecule has 0 amide bonds. The average Bonchev–Trinajstić information content (AvgIpc) is 3.99. The summed E-state index contributed by atoms with van der Waals surface area (Å²) >= 11 is 1.74. The zero-order chi connectivity index (χ0) is 38.9. The van der Waals surface area contributed by atoms with Gasteiger partial charge in [0, 0.05) is 49.5 Å². The highest BCUT2D eigenvalue weighted by atomic mass is 32.1. The average molecular weight is 772 g/mol. The molecule has 0 aliphatic rings. The lowest BCUT2D eigenvalue weighted by Crippen LogP contribution is -2.04. The highest BCUT2D eigenvalue weighted by Gasteiger charge is 2.22. The molecule has 6 heteroatoms. The number of aromatic nitrogens is 5. The van der Waals surface area contributed by atoms with E-state index in [-0.39, 0.29) is 0 Å². The van der Waals surface area contributed by atoms with Crippen LogP contribution in [0.4, 0.5) is 0 Å². The first-order chi connectivity index (χ1) is 29.2. The number of fused-ring (bicyclic) bond motifs is 7. The molecule has 0 atom stereocenters. The van der Waals surface area contributed by atoms with Gasteiger partial charge in [-0.3, -0.25) is 4.57 Å². The molecule has 4 aromatic heterocycles. The molecule has 0 aliphatic carbocycles. The number of para-hydroxylation sites is 3. The highest BCUT2D eigenvalue weighted by molar-refractivity contribution is 7.21. The Bertz CT molecular complexity index is 3480. The van der Waals surface area contributed by atoms with Gasteiger partial charge >= 0.3 is 0 Å². The Morgan fingerprint density at radius 1 is 0.373 bits per heavy atom. The SMILES string of the molecule is c1ccc(-c2cc(-c3ccccc3)nc(-n3c4ccccc4c4cccc(-c5ccc6c(c5)c5cc7sc(-c8ccccc8)nc7cc5n6-c5ccccc5)c43)n2)cc1. The van der Waals surface area contributed by atoms with E-state index in [1.165, 1.54) is 15.5 Å². The van der Waals surface area contributed by atoms with Crippen LogP contribution in [-0.2, 0) is 0 Å². The van der Waals surface area contributed by atoms with Crippen molar-refractivity contribution in [2.45, 2.75) is 0 Å². The fraction of sp³-hybridized carbons (Fsp3) is 0. The van der Waals surface area contributed by atoms with E-state index >= 15 is 0 Å². The van der Waals surface area contributed by atoms with Crippen LogP contribution in [0.25, 0.3) is 110 Å². The summed E-state index contributed by atoms with van der Waals surface area (Å²) in [5.41, 5.74) is 13.7. The molecule has 0 N–H and O–H groups in total. The molecule has 0 saturated heterocycles. The van der Waals surface area contributed by atoms with Crippen molar-refractivity contribution < 1.29 is 0 Å². The van der Waals surface area contributed by atoms with Gasteiger partial charge in [-0.1, -0.05) is 152 Å². The van der Waals surface area contributed by atoms with Gasteiger partial charge in [0.05, 0.1) is 43.7 Å². The number of hydrogen-bond donors (Lipinski definition) is 0. The summed E-state index contributed by atoms with van der Waals surface area (Å²) in [7, 11) is 0. The summed E-state index contributed by atoms with van der Waals surface area (Å²) in [6, 6.07) is 70.7. The van der Waals surface area contributed by atoms with E-state index in [0.717, 1.165) is 88.3 Å². The molecular formula is C53H33N5S. The van der Waals surface area contributed by atoms with Gasteiger partial charge in [0.1, 0.15) is 5.01 Å². The Morgan fingerprint density at radius 3 is 1.68 bits per heavy atom. The van der Waals surface area contributed by atoms with E-state index in [2.05, 4.69) is 197 Å². The maximum atomic E-state index is 5.33. The lowest BCUT2D eigenvalue weighted by atomic mass is 10.00. The molecule has 0 aliphatic heterocycles. The number of rotatable bonds is 6. The Kier molecular flexibility index (Phi) is 7.64. The molecule has 4 heterocycles. The first kappa shape index (κ1) is 33.5. The van der Waals surface area contributed by atoms with Gasteiger partial charge in [0.2, 0.25) is 5.95 Å². The minimum Gasteiger partial charge on any atom is -0.309 e. The minimum absolute atomic E-state index is 0.632. The Morgan fingerprint density at radius 2 is 0.966 bits per heavy atom. The fourth-order valence-electron chi connectivity index (χ4n) is 8.67. The summed E-state index contributed by atoms with van der Waals surface area (Å²) in [4.78, 5) is 15.8. The van der Waals surface area contributed by atoms with Crippen LogP contribution in [0.3, 0.4) is 0 Å². The lowest BCUT2D eigenvalue weighted by Gasteiger charge is -2.14. The fourth-order valence-corrected chi connectivity index (χ4v) is 9.67. The summed E-state index contributed by atoms with van der Waals surface area (Å²) in [6.07, 6.45) is 0. The number of benzene rings is 8. The Labute approximate surface area is 343 Å². The molecule has 0 bridgehead atoms. The maximum absolute atomic E-state index is 5.33. The first-order valence-electron chi connectivity index (χ1n) is 19.8. The van der Waals surface area contributed by atoms with E-state index in [1.54, 1.807) is 11.3 Å². The normalized spacial score (nSPS) is 11.7. The van der Waals surface area contributed by atoms with Crippen molar-refractivity contribution in [1.29, 1.82) is 0 Å². The summed E-state index contributed by atoms with van der Waals surface area (Å²) < 4.78 is 5.81. The van der Waals surface area contributed by atoms with Crippen molar-refractivity contribution in [3.63, 3.8) is 0 Å². The third kappa shape index (κ3) is 5.49. The van der Waals surface area contributed by atoms with E-state index in [9.17, 15) is 0 Å². The lowest BCUT2D eigenvalue weighted by molar-refractivity contribution is 0.996. The van der Waals surface area contributed by atoms with Crippen LogP contribution in [0.1, 0.15) is 0 Å². The van der Waals surface area contributed by atoms with Crippen LogP contribution in [0, 0.1) is 0 Å². The predicted octanol–water partition coefficient (Wildman–Crippen LogP) is 13.9. The molecule has 12 rings (SSSR count). The van der Waals surface area contributed by atoms with Crippen LogP contribution in [0.5, 0.6) is 0 Å². The van der Waals surface area contributed by atoms with Gasteiger partial charge in [-0.2, -0.15) is 0 Å². The largest absolute Gasteiger partial charge is 0.309 e. The standard InChI is InChI=1S/C53H33N5S/c1-5-16-34(17-6-1)44-32-45(35-18-7-2-8-19-35)56-53(55-44)58-47-27-14-13-24-40(47)41-26-15-25-39(51(41)58)37-28-29-48-42(30-37)43-31-50-46(54-52(59-50)36-20-9-3-10-21-36)33-49(43)57(48)38-22-11-4-12-23-38/h1-33H. The van der Waals surface area contributed by atoms with Gasteiger partial charge in [-0.25, -0.2) is 15.0 Å². The molecule has 0 fully saturated rings. The number of hydrogen-bond acceptors (Lipinski definition) is 4. The molecule has 0 radical (unpaired) electrons. The second-order valence-corrected chi connectivity index (χ2v) is 15.9. The molecule has 12 aromatic rings. The summed E-state index contributed by atoms with van der Waals surface area (Å²) in [6.45, 7) is 0. The highest BCUT2D eigenvalue weighted by Crippen LogP contribution is 2.42. The van der Waals surface area contributed by atoms with Gasteiger partial charge < -0.3 is 4.57 Å². The van der Waals surface area contributed by atoms with Crippen molar-refractivity contribution >= 4 is 65.2 Å². The molecular weight excluding hydrogens is 739 g/mol. The van der Waals surface area contributed by atoms with Crippen molar-refractivity contribution in [1.82, 2.24) is 24.1 Å². The predicted molar refractivity (Wildman–Crippen MR) is 246 cm³/mol. The maximum Gasteiger partial charge on any atom is 0.235 e. The molecule has 0 spiro atoms. The minimum atomic E-state index is 0.632. The van der Waals surface area contributed by atoms with Gasteiger partial charge in [0.15, 0.2) is 0 Å². The topological polar surface area (TPSA) is 48.5 Å². The Balaban J connectivity index is 1.13. The molecule has 5 nitrogen and oxygen atoms in total. The Hall–Kier alpha value is -7.67. The quantitative estimate of drug-likeness (QED) is 0.169. The van der Waals surface area contributed by atoms with Crippen LogP contribution >= 0.6 is 11.3 Å². The zero-order valence-corrected chi connectivity index (χ0v) is 32.5. The van der Waals surface area contributed by atoms with Crippen LogP contribution < -0.4 is 0 Å². The summed E-state index contributed by atoms with van der Waals surface area (Å²) in [5.74, 6) is 0.632. The summed E-state index contributed by atoms with van der Waals surface area (Å²) in [5, 5.41) is 5.72. The molecule has 59 heavy (non-hydrogen) atoms. The number of nitrogens with zero attached hydrogens (tertiary/aromatic N) is 5. The third-order valence-electron chi connectivity index (χ3n) is 11.4. The monoisotopic (exact) mass is 771 g/mol. The molecule has 0 saturated carbocycles. The molecule has 276 valence electrons. The van der Waals surface area contributed by atoms with Crippen LogP contribution in [0.2, 0.25) is 0 Å². The van der Waals surface area contributed by atoms with E-state index in [1.807, 2.05) is 12.1 Å². The van der Waals surface area contributed by atoms with Crippen LogP contribution in [0.15, 0.2) is 200 Å². The van der Waals surface area contributed by atoms with Crippen molar-refractivity contribution in [2.24, 2.45) is 0 Å². The zero-order valence-electron chi connectivity index (χ0n) is 31.7. The van der Waals surface area contributed by atoms with Crippen molar-refractivity contribution in [3.8, 4) is 55.8 Å². The van der Waals surface area contributed by atoms with Crippen LogP contribution in [-0.4, -0.2) is 24.1 Å². The van der Waals surface area contributed by atoms with Gasteiger partial charge in [0.25, 0.3) is 0 Å². The first-order valence-corrected chi connectivity index (χ1v) is 20.6. The van der Waals surface area contributed by atoms with E-state index < -0.39 is 0 Å². The third-order valence-corrected chi connectivity index (χ3v) is 12.4. The van der Waals surface area contributed by atoms with Gasteiger partial charge in [-0.05, 0) is 54.1 Å². The van der Waals surface area contributed by atoms with Gasteiger partial charge in [-0.15, -0.1) is 11.3 Å². The smallest absolute Gasteiger partial charge is 0.235 e. The van der Waals surface area contributed by atoms with E-state index in [4.69, 9.17) is 15.0 Å². The van der Waals surface area contributed by atoms with E-state index in [0.29, 0.717) is 5.95 Å². The second kappa shape index (κ2) is 13.5. The van der Waals surface area contributed by atoms with Crippen molar-refractivity contribution in [2.75, 3.05) is 0 Å². The molecule has 0 unspecified atom stereocenters. The van der Waals surface area contributed by atoms with Crippen molar-refractivity contribution in [3.05, 3.63) is 200 Å². The number of thiazole rings is 1.